The summed E-state index contributed by atoms with van der Waals surface area (Å²) >= 11 is 0. The zero-order valence-electron chi connectivity index (χ0n) is 20.3. The van der Waals surface area contributed by atoms with Gasteiger partial charge in [0.1, 0.15) is 5.75 Å². The number of rotatable bonds is 8. The standard InChI is InChI=1S/C28H36N2O3/c1-18(2)12-14-29-27(31)20(4)33-24-11-10-21-13-15-30(28(32)22-8-9-22)26(25(21)17-24)23-7-5-6-19(3)16-23/h5-7,10-11,16-18,20,22,26H,8-9,12-15H2,1-4H3,(H,29,31)/t20-,26+/m0/s1. The maximum absolute atomic E-state index is 13.2. The molecule has 176 valence electrons. The Morgan fingerprint density at radius 2 is 1.91 bits per heavy atom. The molecule has 2 aromatic rings. The molecule has 5 heteroatoms. The molecule has 4 rings (SSSR count). The van der Waals surface area contributed by atoms with Crippen LogP contribution in [0.3, 0.4) is 0 Å². The van der Waals surface area contributed by atoms with Crippen LogP contribution >= 0.6 is 0 Å². The number of ether oxygens (including phenoxy) is 1. The average molecular weight is 449 g/mol. The molecule has 0 saturated heterocycles. The Bertz CT molecular complexity index is 1010. The highest BCUT2D eigenvalue weighted by molar-refractivity contribution is 5.82. The first-order chi connectivity index (χ1) is 15.8. The first-order valence-electron chi connectivity index (χ1n) is 12.3. The van der Waals surface area contributed by atoms with Crippen molar-refractivity contribution in [1.29, 1.82) is 0 Å². The molecule has 2 aromatic carbocycles. The number of fused-ring (bicyclic) bond motifs is 1. The van der Waals surface area contributed by atoms with Gasteiger partial charge < -0.3 is 15.0 Å². The minimum atomic E-state index is -0.583. The SMILES string of the molecule is Cc1cccc([C@@H]2c3cc(O[C@@H](C)C(=O)NCCC(C)C)ccc3CCN2C(=O)C2CC2)c1. The third kappa shape index (κ3) is 5.58. The zero-order chi connectivity index (χ0) is 23.5. The molecule has 2 aliphatic rings. The van der Waals surface area contributed by atoms with Crippen LogP contribution in [0.25, 0.3) is 0 Å². The summed E-state index contributed by atoms with van der Waals surface area (Å²) in [6.07, 6.45) is 3.19. The van der Waals surface area contributed by atoms with Gasteiger partial charge in [0.2, 0.25) is 5.91 Å². The van der Waals surface area contributed by atoms with Crippen LogP contribution in [0.2, 0.25) is 0 Å². The number of aryl methyl sites for hydroxylation is 1. The molecule has 2 atom stereocenters. The molecule has 1 saturated carbocycles. The van der Waals surface area contributed by atoms with Crippen LogP contribution in [0, 0.1) is 18.8 Å². The number of hydrogen-bond donors (Lipinski definition) is 1. The van der Waals surface area contributed by atoms with Crippen LogP contribution in [0.4, 0.5) is 0 Å². The summed E-state index contributed by atoms with van der Waals surface area (Å²) < 4.78 is 6.05. The number of nitrogens with zero attached hydrogens (tertiary/aromatic N) is 1. The Morgan fingerprint density at radius 3 is 2.61 bits per heavy atom. The number of nitrogens with one attached hydrogen (secondary N) is 1. The molecule has 1 fully saturated rings. The van der Waals surface area contributed by atoms with Crippen molar-refractivity contribution in [1.82, 2.24) is 10.2 Å². The maximum atomic E-state index is 13.2. The fraction of sp³-hybridized carbons (Fsp3) is 0.500. The largest absolute Gasteiger partial charge is 0.481 e. The van der Waals surface area contributed by atoms with Gasteiger partial charge in [-0.2, -0.15) is 0 Å². The number of carbonyl (C=O) groups excluding carboxylic acids is 2. The van der Waals surface area contributed by atoms with Gasteiger partial charge in [-0.15, -0.1) is 0 Å². The monoisotopic (exact) mass is 448 g/mol. The van der Waals surface area contributed by atoms with Crippen molar-refractivity contribution in [3.63, 3.8) is 0 Å². The molecule has 2 amide bonds. The highest BCUT2D eigenvalue weighted by Gasteiger charge is 2.39. The second-order valence-electron chi connectivity index (χ2n) is 9.97. The van der Waals surface area contributed by atoms with Gasteiger partial charge in [-0.05, 0) is 74.3 Å². The molecule has 0 unspecified atom stereocenters. The highest BCUT2D eigenvalue weighted by atomic mass is 16.5. The van der Waals surface area contributed by atoms with Gasteiger partial charge in [-0.25, -0.2) is 0 Å². The van der Waals surface area contributed by atoms with Crippen LogP contribution in [0.15, 0.2) is 42.5 Å². The maximum Gasteiger partial charge on any atom is 0.260 e. The fourth-order valence-electron chi connectivity index (χ4n) is 4.55. The van der Waals surface area contributed by atoms with E-state index in [1.54, 1.807) is 6.92 Å². The molecule has 1 N–H and O–H groups in total. The lowest BCUT2D eigenvalue weighted by Crippen LogP contribution is -2.41. The molecular weight excluding hydrogens is 412 g/mol. The van der Waals surface area contributed by atoms with Gasteiger partial charge >= 0.3 is 0 Å². The fourth-order valence-corrected chi connectivity index (χ4v) is 4.55. The third-order valence-electron chi connectivity index (χ3n) is 6.62. The number of benzene rings is 2. The van der Waals surface area contributed by atoms with Crippen molar-refractivity contribution in [2.24, 2.45) is 11.8 Å². The molecule has 0 aromatic heterocycles. The van der Waals surface area contributed by atoms with Crippen LogP contribution in [0.1, 0.15) is 68.3 Å². The van der Waals surface area contributed by atoms with E-state index in [1.807, 2.05) is 12.1 Å². The van der Waals surface area contributed by atoms with E-state index in [4.69, 9.17) is 4.74 Å². The van der Waals surface area contributed by atoms with Gasteiger partial charge in [0.05, 0.1) is 6.04 Å². The van der Waals surface area contributed by atoms with Crippen molar-refractivity contribution < 1.29 is 14.3 Å². The minimum Gasteiger partial charge on any atom is -0.481 e. The normalized spacial score (nSPS) is 18.6. The van der Waals surface area contributed by atoms with E-state index in [0.717, 1.165) is 43.4 Å². The lowest BCUT2D eigenvalue weighted by Gasteiger charge is -2.38. The number of carbonyl (C=O) groups is 2. The summed E-state index contributed by atoms with van der Waals surface area (Å²) in [6.45, 7) is 9.53. The first-order valence-corrected chi connectivity index (χ1v) is 12.3. The van der Waals surface area contributed by atoms with Crippen molar-refractivity contribution in [3.05, 3.63) is 64.7 Å². The van der Waals surface area contributed by atoms with E-state index in [9.17, 15) is 9.59 Å². The predicted octanol–water partition coefficient (Wildman–Crippen LogP) is 4.81. The third-order valence-corrected chi connectivity index (χ3v) is 6.62. The molecule has 0 spiro atoms. The Hall–Kier alpha value is -2.82. The van der Waals surface area contributed by atoms with Crippen molar-refractivity contribution in [2.75, 3.05) is 13.1 Å². The highest BCUT2D eigenvalue weighted by Crippen LogP contribution is 2.41. The summed E-state index contributed by atoms with van der Waals surface area (Å²) in [4.78, 5) is 27.7. The Kier molecular flexibility index (Phi) is 7.06. The summed E-state index contributed by atoms with van der Waals surface area (Å²) in [6, 6.07) is 14.4. The Labute approximate surface area is 197 Å². The second-order valence-corrected chi connectivity index (χ2v) is 9.97. The summed E-state index contributed by atoms with van der Waals surface area (Å²) in [7, 11) is 0. The molecule has 0 radical (unpaired) electrons. The van der Waals surface area contributed by atoms with E-state index < -0.39 is 6.10 Å². The Morgan fingerprint density at radius 1 is 1.12 bits per heavy atom. The van der Waals surface area contributed by atoms with E-state index in [1.165, 1.54) is 11.1 Å². The Balaban J connectivity index is 1.58. The molecule has 1 heterocycles. The average Bonchev–Trinajstić information content (AvgIpc) is 3.63. The van der Waals surface area contributed by atoms with Gasteiger partial charge in [0, 0.05) is 19.0 Å². The number of amides is 2. The quantitative estimate of drug-likeness (QED) is 0.631. The van der Waals surface area contributed by atoms with Crippen LogP contribution in [0.5, 0.6) is 5.75 Å². The van der Waals surface area contributed by atoms with Crippen LogP contribution < -0.4 is 10.1 Å². The molecule has 5 nitrogen and oxygen atoms in total. The van der Waals surface area contributed by atoms with Crippen LogP contribution in [-0.2, 0) is 16.0 Å². The van der Waals surface area contributed by atoms with Crippen LogP contribution in [-0.4, -0.2) is 35.9 Å². The van der Waals surface area contributed by atoms with E-state index >= 15 is 0 Å². The van der Waals surface area contributed by atoms with Crippen molar-refractivity contribution in [2.45, 2.75) is 65.5 Å². The zero-order valence-corrected chi connectivity index (χ0v) is 20.3. The molecular formula is C28H36N2O3. The van der Waals surface area contributed by atoms with E-state index in [0.29, 0.717) is 18.2 Å². The summed E-state index contributed by atoms with van der Waals surface area (Å²) in [5, 5.41) is 2.96. The number of hydrogen-bond acceptors (Lipinski definition) is 3. The summed E-state index contributed by atoms with van der Waals surface area (Å²) in [5.74, 6) is 1.54. The molecule has 1 aliphatic carbocycles. The van der Waals surface area contributed by atoms with E-state index in [-0.39, 0.29) is 23.8 Å². The van der Waals surface area contributed by atoms with Gasteiger partial charge in [0.15, 0.2) is 6.10 Å². The summed E-state index contributed by atoms with van der Waals surface area (Å²) in [5.41, 5.74) is 4.65. The first kappa shape index (κ1) is 23.3. The topological polar surface area (TPSA) is 58.6 Å². The smallest absolute Gasteiger partial charge is 0.260 e. The van der Waals surface area contributed by atoms with Gasteiger partial charge in [0.25, 0.3) is 5.91 Å². The van der Waals surface area contributed by atoms with Crippen molar-refractivity contribution >= 4 is 11.8 Å². The van der Waals surface area contributed by atoms with Crippen molar-refractivity contribution in [3.8, 4) is 5.75 Å². The van der Waals surface area contributed by atoms with E-state index in [2.05, 4.69) is 61.3 Å². The molecule has 1 aliphatic heterocycles. The predicted molar refractivity (Wildman–Crippen MR) is 130 cm³/mol. The molecule has 0 bridgehead atoms. The van der Waals surface area contributed by atoms with Gasteiger partial charge in [-0.1, -0.05) is 49.7 Å². The lowest BCUT2D eigenvalue weighted by atomic mass is 9.87. The van der Waals surface area contributed by atoms with Gasteiger partial charge in [-0.3, -0.25) is 9.59 Å². The lowest BCUT2D eigenvalue weighted by molar-refractivity contribution is -0.134. The molecule has 33 heavy (non-hydrogen) atoms. The second kappa shape index (κ2) is 9.98. The minimum absolute atomic E-state index is 0.103.